The second-order valence-corrected chi connectivity index (χ2v) is 5.86. The predicted molar refractivity (Wildman–Crippen MR) is 64.2 cm³/mol. The fourth-order valence-electron chi connectivity index (χ4n) is 2.01. The fourth-order valence-corrected chi connectivity index (χ4v) is 2.01. The molecule has 0 radical (unpaired) electrons. The Hall–Kier alpha value is -1.30. The van der Waals surface area contributed by atoms with Gasteiger partial charge in [-0.1, -0.05) is 0 Å². The van der Waals surface area contributed by atoms with Crippen LogP contribution < -0.4 is 0 Å². The molecule has 0 aromatic heterocycles. The van der Waals surface area contributed by atoms with Crippen molar-refractivity contribution in [2.75, 3.05) is 6.54 Å². The van der Waals surface area contributed by atoms with Crippen molar-refractivity contribution in [3.63, 3.8) is 0 Å². The molecule has 0 spiro atoms. The second kappa shape index (κ2) is 4.76. The normalized spacial score (nSPS) is 28.9. The molecule has 0 unspecified atom stereocenters. The molecule has 1 aliphatic heterocycles. The van der Waals surface area contributed by atoms with Gasteiger partial charge in [0, 0.05) is 13.0 Å². The number of likely N-dealkylation sites (tertiary alicyclic amines) is 1. The number of hydrogen-bond donors (Lipinski definition) is 2. The van der Waals surface area contributed by atoms with Crippen molar-refractivity contribution < 1.29 is 24.5 Å². The van der Waals surface area contributed by atoms with Crippen LogP contribution in [0.15, 0.2) is 0 Å². The molecule has 2 atom stereocenters. The summed E-state index contributed by atoms with van der Waals surface area (Å²) in [6.07, 6.45) is -0.979. The number of nitrogens with zero attached hydrogens (tertiary/aromatic N) is 1. The Kier molecular flexibility index (Phi) is 3.90. The van der Waals surface area contributed by atoms with Gasteiger partial charge in [0.05, 0.1) is 6.10 Å². The molecule has 0 saturated carbocycles. The first kappa shape index (κ1) is 14.8. The van der Waals surface area contributed by atoms with E-state index in [4.69, 9.17) is 4.74 Å². The van der Waals surface area contributed by atoms with Crippen LogP contribution in [0.4, 0.5) is 4.79 Å². The van der Waals surface area contributed by atoms with Crippen LogP contribution in [-0.4, -0.2) is 51.0 Å². The van der Waals surface area contributed by atoms with Crippen molar-refractivity contribution in [3.8, 4) is 0 Å². The van der Waals surface area contributed by atoms with Gasteiger partial charge in [0.25, 0.3) is 0 Å². The van der Waals surface area contributed by atoms with E-state index < -0.39 is 29.3 Å². The van der Waals surface area contributed by atoms with E-state index in [1.165, 1.54) is 11.8 Å². The van der Waals surface area contributed by atoms with Gasteiger partial charge in [-0.25, -0.2) is 9.59 Å². The Bertz CT molecular complexity index is 349. The molecule has 0 bridgehead atoms. The van der Waals surface area contributed by atoms with E-state index in [0.717, 1.165) is 0 Å². The number of ether oxygens (including phenoxy) is 1. The molecule has 0 aliphatic carbocycles. The number of carboxylic acid groups (broad SMARTS) is 1. The van der Waals surface area contributed by atoms with Crippen LogP contribution in [-0.2, 0) is 9.53 Å². The number of carboxylic acids is 1. The Morgan fingerprint density at radius 2 is 1.94 bits per heavy atom. The van der Waals surface area contributed by atoms with Crippen molar-refractivity contribution in [2.24, 2.45) is 0 Å². The number of aliphatic hydroxyl groups excluding tert-OH is 1. The molecule has 0 aromatic rings. The van der Waals surface area contributed by atoms with Gasteiger partial charge in [0.2, 0.25) is 0 Å². The van der Waals surface area contributed by atoms with E-state index in [2.05, 4.69) is 0 Å². The van der Waals surface area contributed by atoms with Crippen LogP contribution in [0.25, 0.3) is 0 Å². The zero-order chi connectivity index (χ0) is 14.1. The van der Waals surface area contributed by atoms with E-state index in [1.807, 2.05) is 0 Å². The minimum Gasteiger partial charge on any atom is -0.480 e. The Morgan fingerprint density at radius 3 is 2.39 bits per heavy atom. The fraction of sp³-hybridized carbons (Fsp3) is 0.833. The molecule has 104 valence electrons. The largest absolute Gasteiger partial charge is 0.480 e. The molecular formula is C12H21NO5. The quantitative estimate of drug-likeness (QED) is 0.739. The first-order valence-electron chi connectivity index (χ1n) is 5.98. The molecule has 6 heteroatoms. The summed E-state index contributed by atoms with van der Waals surface area (Å²) < 4.78 is 5.20. The molecule has 1 aliphatic rings. The van der Waals surface area contributed by atoms with E-state index in [-0.39, 0.29) is 13.0 Å². The third kappa shape index (κ3) is 3.13. The zero-order valence-electron chi connectivity index (χ0n) is 11.3. The Labute approximate surface area is 107 Å². The maximum atomic E-state index is 12.0. The third-order valence-corrected chi connectivity index (χ3v) is 2.99. The van der Waals surface area contributed by atoms with Gasteiger partial charge in [0.15, 0.2) is 0 Å². The van der Waals surface area contributed by atoms with E-state index in [9.17, 15) is 19.8 Å². The van der Waals surface area contributed by atoms with Crippen LogP contribution in [0.2, 0.25) is 0 Å². The summed E-state index contributed by atoms with van der Waals surface area (Å²) in [5, 5.41) is 18.9. The molecule has 18 heavy (non-hydrogen) atoms. The molecule has 1 amide bonds. The summed E-state index contributed by atoms with van der Waals surface area (Å²) in [4.78, 5) is 24.5. The highest BCUT2D eigenvalue weighted by Gasteiger charge is 2.48. The standard InChI is InChI=1S/C12H21NO5/c1-11(2,3)18-10(17)13-6-5-8(14)7-12(13,4)9(15)16/h8,14H,5-7H2,1-4H3,(H,15,16)/t8-,12+/m0/s1. The topological polar surface area (TPSA) is 87.1 Å². The van der Waals surface area contributed by atoms with Crippen LogP contribution in [0.5, 0.6) is 0 Å². The highest BCUT2D eigenvalue weighted by molar-refractivity contribution is 5.84. The van der Waals surface area contributed by atoms with E-state index in [0.29, 0.717) is 6.42 Å². The number of piperidine rings is 1. The van der Waals surface area contributed by atoms with E-state index in [1.54, 1.807) is 20.8 Å². The summed E-state index contributed by atoms with van der Waals surface area (Å²) in [5.41, 5.74) is -2.09. The van der Waals surface area contributed by atoms with Crippen molar-refractivity contribution in [1.29, 1.82) is 0 Å². The maximum Gasteiger partial charge on any atom is 0.411 e. The van der Waals surface area contributed by atoms with Crippen molar-refractivity contribution in [1.82, 2.24) is 4.90 Å². The minimum atomic E-state index is -1.42. The lowest BCUT2D eigenvalue weighted by molar-refractivity contribution is -0.155. The number of hydrogen-bond acceptors (Lipinski definition) is 4. The van der Waals surface area contributed by atoms with Gasteiger partial charge >= 0.3 is 12.1 Å². The summed E-state index contributed by atoms with van der Waals surface area (Å²) in [5.74, 6) is -1.13. The summed E-state index contributed by atoms with van der Waals surface area (Å²) in [6.45, 7) is 6.78. The minimum absolute atomic E-state index is 0.0155. The van der Waals surface area contributed by atoms with Gasteiger partial charge in [-0.05, 0) is 34.1 Å². The first-order valence-corrected chi connectivity index (χ1v) is 5.98. The summed E-state index contributed by atoms with van der Waals surface area (Å²) >= 11 is 0. The zero-order valence-corrected chi connectivity index (χ0v) is 11.3. The van der Waals surface area contributed by atoms with Gasteiger partial charge in [0.1, 0.15) is 11.1 Å². The molecule has 0 aromatic carbocycles. The van der Waals surface area contributed by atoms with Crippen LogP contribution >= 0.6 is 0 Å². The molecule has 1 fully saturated rings. The average molecular weight is 259 g/mol. The molecule has 1 rings (SSSR count). The molecule has 6 nitrogen and oxygen atoms in total. The van der Waals surface area contributed by atoms with E-state index >= 15 is 0 Å². The number of carbonyl (C=O) groups excluding carboxylic acids is 1. The lowest BCUT2D eigenvalue weighted by Crippen LogP contribution is -2.60. The number of rotatable bonds is 1. The smallest absolute Gasteiger partial charge is 0.411 e. The van der Waals surface area contributed by atoms with Crippen molar-refractivity contribution in [3.05, 3.63) is 0 Å². The lowest BCUT2D eigenvalue weighted by Gasteiger charge is -2.43. The maximum absolute atomic E-state index is 12.0. The highest BCUT2D eigenvalue weighted by atomic mass is 16.6. The highest BCUT2D eigenvalue weighted by Crippen LogP contribution is 2.30. The number of aliphatic carboxylic acids is 1. The third-order valence-electron chi connectivity index (χ3n) is 2.99. The summed E-state index contributed by atoms with van der Waals surface area (Å²) in [7, 11) is 0. The second-order valence-electron chi connectivity index (χ2n) is 5.86. The van der Waals surface area contributed by atoms with Gasteiger partial charge < -0.3 is 14.9 Å². The average Bonchev–Trinajstić information content (AvgIpc) is 2.13. The van der Waals surface area contributed by atoms with Crippen molar-refractivity contribution >= 4 is 12.1 Å². The van der Waals surface area contributed by atoms with Gasteiger partial charge in [-0.3, -0.25) is 4.90 Å². The predicted octanol–water partition coefficient (Wildman–Crippen LogP) is 1.22. The monoisotopic (exact) mass is 259 g/mol. The van der Waals surface area contributed by atoms with Gasteiger partial charge in [-0.2, -0.15) is 0 Å². The Balaban J connectivity index is 2.91. The van der Waals surface area contributed by atoms with Crippen LogP contribution in [0.3, 0.4) is 0 Å². The number of aliphatic hydroxyl groups is 1. The number of amides is 1. The summed E-state index contributed by atoms with van der Waals surface area (Å²) in [6, 6.07) is 0. The number of carbonyl (C=O) groups is 2. The van der Waals surface area contributed by atoms with Crippen LogP contribution in [0.1, 0.15) is 40.5 Å². The van der Waals surface area contributed by atoms with Gasteiger partial charge in [-0.15, -0.1) is 0 Å². The lowest BCUT2D eigenvalue weighted by atomic mass is 9.87. The first-order chi connectivity index (χ1) is 8.06. The Morgan fingerprint density at radius 1 is 1.39 bits per heavy atom. The molecular weight excluding hydrogens is 238 g/mol. The van der Waals surface area contributed by atoms with Crippen LogP contribution in [0, 0.1) is 0 Å². The molecule has 1 heterocycles. The molecule has 1 saturated heterocycles. The SMILES string of the molecule is CC(C)(C)OC(=O)N1CC[C@H](O)C[C@]1(C)C(=O)O. The van der Waals surface area contributed by atoms with Crippen molar-refractivity contribution in [2.45, 2.75) is 57.8 Å². The molecule has 2 N–H and O–H groups in total.